The van der Waals surface area contributed by atoms with Crippen molar-refractivity contribution in [2.24, 2.45) is 0 Å². The summed E-state index contributed by atoms with van der Waals surface area (Å²) in [7, 11) is 0. The molecule has 1 fully saturated rings. The number of thioether (sulfide) groups is 1. The zero-order valence-electron chi connectivity index (χ0n) is 18.0. The molecule has 32 heavy (non-hydrogen) atoms. The van der Waals surface area contributed by atoms with Crippen LogP contribution in [0.15, 0.2) is 47.6 Å². The standard InChI is InChI=1S/C23H25ClN4O3S/c1-3-30-18-8-10-19(11-9-18)31-13-21-26-27-23(32-14-22(29)25-16-5-6-16)28(21)17-7-4-15(2)20(24)12-17/h4,7-12,16H,3,5-6,13-14H2,1-2H3,(H,25,29). The minimum absolute atomic E-state index is 0.00109. The molecule has 1 saturated carbocycles. The van der Waals surface area contributed by atoms with Crippen molar-refractivity contribution in [3.05, 3.63) is 58.9 Å². The topological polar surface area (TPSA) is 78.3 Å². The molecule has 0 aliphatic heterocycles. The quantitative estimate of drug-likeness (QED) is 0.435. The number of carbonyl (C=O) groups is 1. The van der Waals surface area contributed by atoms with Crippen LogP contribution >= 0.6 is 23.4 Å². The van der Waals surface area contributed by atoms with Crippen LogP contribution in [-0.2, 0) is 11.4 Å². The van der Waals surface area contributed by atoms with Gasteiger partial charge in [0.05, 0.1) is 18.0 Å². The van der Waals surface area contributed by atoms with Crippen LogP contribution < -0.4 is 14.8 Å². The zero-order valence-corrected chi connectivity index (χ0v) is 19.6. The van der Waals surface area contributed by atoms with Gasteiger partial charge in [0.15, 0.2) is 11.0 Å². The molecule has 3 aromatic rings. The average molecular weight is 473 g/mol. The van der Waals surface area contributed by atoms with Gasteiger partial charge < -0.3 is 14.8 Å². The highest BCUT2D eigenvalue weighted by Crippen LogP contribution is 2.27. The molecule has 1 aliphatic carbocycles. The lowest BCUT2D eigenvalue weighted by Crippen LogP contribution is -2.27. The SMILES string of the molecule is CCOc1ccc(OCc2nnc(SCC(=O)NC3CC3)n2-c2ccc(C)c(Cl)c2)cc1. The van der Waals surface area contributed by atoms with Crippen LogP contribution in [0.25, 0.3) is 5.69 Å². The van der Waals surface area contributed by atoms with Gasteiger partial charge in [-0.25, -0.2) is 0 Å². The lowest BCUT2D eigenvalue weighted by molar-refractivity contribution is -0.118. The second-order valence-electron chi connectivity index (χ2n) is 7.49. The Morgan fingerprint density at radius 3 is 2.53 bits per heavy atom. The van der Waals surface area contributed by atoms with Crippen molar-refractivity contribution in [2.75, 3.05) is 12.4 Å². The first kappa shape index (κ1) is 22.5. The van der Waals surface area contributed by atoms with Gasteiger partial charge in [-0.05, 0) is 68.7 Å². The average Bonchev–Trinajstić information content (AvgIpc) is 3.51. The van der Waals surface area contributed by atoms with Gasteiger partial charge in [0.2, 0.25) is 5.91 Å². The van der Waals surface area contributed by atoms with Crippen molar-refractivity contribution in [1.82, 2.24) is 20.1 Å². The van der Waals surface area contributed by atoms with E-state index in [2.05, 4.69) is 15.5 Å². The number of ether oxygens (including phenoxy) is 2. The number of nitrogens with one attached hydrogen (secondary N) is 1. The fourth-order valence-corrected chi connectivity index (χ4v) is 4.00. The van der Waals surface area contributed by atoms with Gasteiger partial charge in [-0.15, -0.1) is 10.2 Å². The molecule has 0 atom stereocenters. The van der Waals surface area contributed by atoms with E-state index in [0.717, 1.165) is 29.8 Å². The fourth-order valence-electron chi connectivity index (χ4n) is 3.04. The smallest absolute Gasteiger partial charge is 0.230 e. The summed E-state index contributed by atoms with van der Waals surface area (Å²) in [4.78, 5) is 12.2. The number of aryl methyl sites for hydroxylation is 1. The molecule has 1 aromatic heterocycles. The summed E-state index contributed by atoms with van der Waals surface area (Å²) in [6.07, 6.45) is 2.11. The Labute approximate surface area is 196 Å². The minimum atomic E-state index is 0.00109. The van der Waals surface area contributed by atoms with Crippen molar-refractivity contribution in [2.45, 2.75) is 44.5 Å². The first-order valence-corrected chi connectivity index (χ1v) is 11.9. The number of nitrogens with zero attached hydrogens (tertiary/aromatic N) is 3. The molecule has 4 rings (SSSR count). The molecule has 1 aliphatic rings. The number of rotatable bonds is 10. The number of benzene rings is 2. The number of carbonyl (C=O) groups excluding carboxylic acids is 1. The maximum Gasteiger partial charge on any atom is 0.230 e. The van der Waals surface area contributed by atoms with Gasteiger partial charge in [-0.2, -0.15) is 0 Å². The molecule has 7 nitrogen and oxygen atoms in total. The molecule has 1 N–H and O–H groups in total. The molecule has 2 aromatic carbocycles. The van der Waals surface area contributed by atoms with E-state index in [1.807, 2.05) is 60.9 Å². The molecular formula is C23H25ClN4O3S. The lowest BCUT2D eigenvalue weighted by Gasteiger charge is -2.12. The molecule has 0 radical (unpaired) electrons. The van der Waals surface area contributed by atoms with E-state index < -0.39 is 0 Å². The largest absolute Gasteiger partial charge is 0.494 e. The second kappa shape index (κ2) is 10.3. The maximum atomic E-state index is 12.2. The van der Waals surface area contributed by atoms with Gasteiger partial charge in [0.1, 0.15) is 18.1 Å². The first-order valence-electron chi connectivity index (χ1n) is 10.5. The van der Waals surface area contributed by atoms with Gasteiger partial charge in [-0.1, -0.05) is 29.4 Å². The van der Waals surface area contributed by atoms with Crippen molar-refractivity contribution in [3.8, 4) is 17.2 Å². The number of hydrogen-bond donors (Lipinski definition) is 1. The van der Waals surface area contributed by atoms with Crippen LogP contribution in [0.4, 0.5) is 0 Å². The van der Waals surface area contributed by atoms with Gasteiger partial charge in [-0.3, -0.25) is 9.36 Å². The predicted molar refractivity (Wildman–Crippen MR) is 125 cm³/mol. The van der Waals surface area contributed by atoms with Crippen LogP contribution in [0, 0.1) is 6.92 Å². The number of hydrogen-bond acceptors (Lipinski definition) is 6. The van der Waals surface area contributed by atoms with Crippen LogP contribution in [-0.4, -0.2) is 39.1 Å². The van der Waals surface area contributed by atoms with Gasteiger partial charge >= 0.3 is 0 Å². The van der Waals surface area contributed by atoms with Crippen molar-refractivity contribution < 1.29 is 14.3 Å². The van der Waals surface area contributed by atoms with E-state index in [1.165, 1.54) is 11.8 Å². The van der Waals surface area contributed by atoms with Gasteiger partial charge in [0, 0.05) is 11.1 Å². The van der Waals surface area contributed by atoms with Crippen molar-refractivity contribution in [3.63, 3.8) is 0 Å². The summed E-state index contributed by atoms with van der Waals surface area (Å²) in [5.74, 6) is 2.38. The van der Waals surface area contributed by atoms with Crippen LogP contribution in [0.3, 0.4) is 0 Å². The highest BCUT2D eigenvalue weighted by atomic mass is 35.5. The van der Waals surface area contributed by atoms with Crippen molar-refractivity contribution >= 4 is 29.3 Å². The van der Waals surface area contributed by atoms with Crippen LogP contribution in [0.2, 0.25) is 5.02 Å². The Morgan fingerprint density at radius 2 is 1.88 bits per heavy atom. The Kier molecular flexibility index (Phi) is 7.22. The first-order chi connectivity index (χ1) is 15.5. The summed E-state index contributed by atoms with van der Waals surface area (Å²) < 4.78 is 13.3. The van der Waals surface area contributed by atoms with Gasteiger partial charge in [0.25, 0.3) is 0 Å². The van der Waals surface area contributed by atoms with E-state index in [9.17, 15) is 4.79 Å². The summed E-state index contributed by atoms with van der Waals surface area (Å²) in [6, 6.07) is 13.5. The molecule has 0 bridgehead atoms. The summed E-state index contributed by atoms with van der Waals surface area (Å²) in [5.41, 5.74) is 1.80. The Hall–Kier alpha value is -2.71. The molecule has 0 saturated heterocycles. The lowest BCUT2D eigenvalue weighted by atomic mass is 10.2. The molecule has 9 heteroatoms. The molecule has 168 valence electrons. The minimum Gasteiger partial charge on any atom is -0.494 e. The van der Waals surface area contributed by atoms with E-state index in [4.69, 9.17) is 21.1 Å². The predicted octanol–water partition coefficient (Wildman–Crippen LogP) is 4.58. The second-order valence-corrected chi connectivity index (χ2v) is 8.84. The third-order valence-corrected chi connectivity index (χ3v) is 6.23. The monoisotopic (exact) mass is 472 g/mol. The Bertz CT molecular complexity index is 1080. The summed E-state index contributed by atoms with van der Waals surface area (Å²) >= 11 is 7.71. The summed E-state index contributed by atoms with van der Waals surface area (Å²) in [6.45, 7) is 4.72. The highest BCUT2D eigenvalue weighted by molar-refractivity contribution is 7.99. The van der Waals surface area contributed by atoms with Crippen LogP contribution in [0.1, 0.15) is 31.2 Å². The zero-order chi connectivity index (χ0) is 22.5. The maximum absolute atomic E-state index is 12.2. The molecule has 0 unspecified atom stereocenters. The molecule has 1 amide bonds. The van der Waals surface area contributed by atoms with Crippen molar-refractivity contribution in [1.29, 1.82) is 0 Å². The number of aromatic nitrogens is 3. The third-order valence-electron chi connectivity index (χ3n) is 4.89. The van der Waals surface area contributed by atoms with E-state index in [1.54, 1.807) is 0 Å². The number of amides is 1. The van der Waals surface area contributed by atoms with E-state index in [-0.39, 0.29) is 18.3 Å². The number of halogens is 1. The summed E-state index contributed by atoms with van der Waals surface area (Å²) in [5, 5.41) is 12.9. The molecule has 1 heterocycles. The fraction of sp³-hybridized carbons (Fsp3) is 0.348. The van der Waals surface area contributed by atoms with E-state index >= 15 is 0 Å². The Balaban J connectivity index is 1.52. The molecule has 0 spiro atoms. The third kappa shape index (κ3) is 5.75. The van der Waals surface area contributed by atoms with E-state index in [0.29, 0.717) is 34.4 Å². The Morgan fingerprint density at radius 1 is 1.16 bits per heavy atom. The normalized spacial score (nSPS) is 13.1. The highest BCUT2D eigenvalue weighted by Gasteiger charge is 2.24. The molecular weight excluding hydrogens is 448 g/mol. The van der Waals surface area contributed by atoms with Crippen LogP contribution in [0.5, 0.6) is 11.5 Å².